The van der Waals surface area contributed by atoms with Crippen LogP contribution >= 0.6 is 69.6 Å². The Kier molecular flexibility index (Phi) is 36.1. The summed E-state index contributed by atoms with van der Waals surface area (Å²) < 4.78 is 211. The van der Waals surface area contributed by atoms with Crippen LogP contribution in [0.2, 0.25) is 30.1 Å². The minimum atomic E-state index is -3.97. The van der Waals surface area contributed by atoms with Gasteiger partial charge in [0.15, 0.2) is 0 Å². The molecule has 4 aliphatic carbocycles. The summed E-state index contributed by atoms with van der Waals surface area (Å²) in [4.78, 5) is 58.5. The number of piperidine rings is 4. The summed E-state index contributed by atoms with van der Waals surface area (Å²) in [5.74, 6) is -4.53. The van der Waals surface area contributed by atoms with Gasteiger partial charge in [-0.05, 0) is 288 Å². The van der Waals surface area contributed by atoms with Crippen molar-refractivity contribution in [3.05, 3.63) is 253 Å². The maximum absolute atomic E-state index is 15.0. The van der Waals surface area contributed by atoms with Crippen LogP contribution in [0.15, 0.2) is 121 Å². The molecule has 4 atom stereocenters. The monoisotopic (exact) mass is 2120 g/mol. The van der Waals surface area contributed by atoms with Crippen molar-refractivity contribution in [2.75, 3.05) is 111 Å². The first-order valence-electron chi connectivity index (χ1n) is 46.3. The maximum atomic E-state index is 15.0. The van der Waals surface area contributed by atoms with E-state index in [1.165, 1.54) is 72.8 Å². The van der Waals surface area contributed by atoms with Crippen LogP contribution < -0.4 is 37.8 Å². The Morgan fingerprint density at radius 1 is 0.324 bits per heavy atom. The molecule has 4 N–H and O–H groups in total. The summed E-state index contributed by atoms with van der Waals surface area (Å²) in [5, 5.41) is 3.27. The zero-order valence-electron chi connectivity index (χ0n) is 76.9. The number of nitrogens with one attached hydrogen (secondary N) is 4. The molecule has 4 amide bonds. The van der Waals surface area contributed by atoms with Crippen molar-refractivity contribution in [2.24, 2.45) is 23.7 Å². The van der Waals surface area contributed by atoms with Gasteiger partial charge >= 0.3 is 10.2 Å². The summed E-state index contributed by atoms with van der Waals surface area (Å²) in [6.07, 6.45) is 18.6. The van der Waals surface area contributed by atoms with Gasteiger partial charge in [0, 0.05) is 144 Å². The molecule has 0 spiro atoms. The standard InChI is InChI=1S/C26H30ClF2N3O4S.2C24H27Cl2FN2O4S.C24H27ClF2N2O4S/c27-23-11-20(28)7-6-19(23)15-31-8-1-3-17(14-31)16-36-25-13-24(29)22(12-21(25)18-4-5-18)26(33)30-37(34,35)32-9-2-10-32;2*1-34(31,32)28-24(30)21-10-20(17-4-5-17)23(11-22(21)27)33-14-15-3-2-6-29(12-15)13-16-7-18(25)9-19(26)8-16;1-34(31,32)28-24(30)20-10-19(16-4-5-16)23(11-22(20)27)33-14-15-3-2-8-29(12-15)13-17-6-7-18(26)9-21(17)25/h6-7,11-13,17-18H,1-5,8-10,14-16H2,(H,30,33);2*7-11,15,17H,2-6,12-14H2,1H3,(H,28,30);6-7,9-11,15-16H,2-5,8,12-14H2,1H3,(H,28,30)/t17-;3*15-/m1100/s1. The van der Waals surface area contributed by atoms with Gasteiger partial charge in [-0.1, -0.05) is 81.7 Å². The minimum Gasteiger partial charge on any atom is -0.493 e. The highest BCUT2D eigenvalue weighted by atomic mass is 35.5. The van der Waals surface area contributed by atoms with E-state index in [0.29, 0.717) is 106 Å². The molecule has 8 aromatic rings. The smallest absolute Gasteiger partial charge is 0.304 e. The van der Waals surface area contributed by atoms with Gasteiger partial charge in [0.05, 0.1) is 67.4 Å². The Bertz CT molecular complexity index is 6130. The average Bonchev–Trinajstić information content (AvgIpc) is 1.59. The molecular formula is C98H111Cl6F6N9O16S4. The van der Waals surface area contributed by atoms with Crippen LogP contribution in [0.1, 0.15) is 219 Å². The molecule has 41 heteroatoms. The molecule has 0 aromatic heterocycles. The molecule has 17 rings (SSSR count). The molecule has 25 nitrogen and oxygen atoms in total. The van der Waals surface area contributed by atoms with E-state index < -0.39 is 87.2 Å². The lowest BCUT2D eigenvalue weighted by Gasteiger charge is -2.33. The van der Waals surface area contributed by atoms with Crippen LogP contribution in [-0.4, -0.2) is 192 Å². The second kappa shape index (κ2) is 47.1. The van der Waals surface area contributed by atoms with Crippen molar-refractivity contribution >= 4 is 134 Å². The predicted molar refractivity (Wildman–Crippen MR) is 523 cm³/mol. The number of halogens is 12. The van der Waals surface area contributed by atoms with E-state index in [0.717, 1.165) is 242 Å². The lowest BCUT2D eigenvalue weighted by Crippen LogP contribution is -2.49. The molecule has 5 aliphatic heterocycles. The van der Waals surface area contributed by atoms with E-state index in [-0.39, 0.29) is 81.2 Å². The fraction of sp³-hybridized carbons (Fsp3) is 0.469. The average molecular weight is 2130 g/mol. The Morgan fingerprint density at radius 2 is 0.583 bits per heavy atom. The van der Waals surface area contributed by atoms with E-state index >= 15 is 0 Å². The molecule has 4 saturated carbocycles. The number of carbonyl (C=O) groups is 4. The number of carbonyl (C=O) groups excluding carboxylic acids is 4. The van der Waals surface area contributed by atoms with Gasteiger partial charge < -0.3 is 18.9 Å². The number of nitrogens with zero attached hydrogens (tertiary/aromatic N) is 5. The van der Waals surface area contributed by atoms with Crippen LogP contribution in [0.25, 0.3) is 0 Å². The van der Waals surface area contributed by atoms with Gasteiger partial charge in [-0.3, -0.25) is 38.8 Å². The normalized spacial score (nSPS) is 19.6. The number of sulfonamides is 3. The molecule has 139 heavy (non-hydrogen) atoms. The molecule has 0 unspecified atom stereocenters. The van der Waals surface area contributed by atoms with Crippen molar-refractivity contribution in [2.45, 2.75) is 159 Å². The zero-order valence-corrected chi connectivity index (χ0v) is 84.7. The van der Waals surface area contributed by atoms with Gasteiger partial charge in [-0.2, -0.15) is 12.7 Å². The Hall–Kier alpha value is -8.24. The summed E-state index contributed by atoms with van der Waals surface area (Å²) in [5.41, 5.74) is 5.64. The largest absolute Gasteiger partial charge is 0.493 e. The van der Waals surface area contributed by atoms with Crippen LogP contribution in [0.4, 0.5) is 26.3 Å². The fourth-order valence-corrected chi connectivity index (χ4v) is 22.2. The third-order valence-electron chi connectivity index (χ3n) is 25.4. The molecule has 0 radical (unpaired) electrons. The third-order valence-corrected chi connectivity index (χ3v) is 30.2. The molecule has 0 bridgehead atoms. The van der Waals surface area contributed by atoms with Crippen LogP contribution in [-0.2, 0) is 66.5 Å². The van der Waals surface area contributed by atoms with Gasteiger partial charge in [0.2, 0.25) is 30.1 Å². The highest BCUT2D eigenvalue weighted by molar-refractivity contribution is 7.90. The molecule has 752 valence electrons. The van der Waals surface area contributed by atoms with Crippen molar-refractivity contribution in [1.82, 2.24) is 42.8 Å². The first kappa shape index (κ1) is 107. The summed E-state index contributed by atoms with van der Waals surface area (Å²) in [6, 6.07) is 30.5. The van der Waals surface area contributed by atoms with Crippen molar-refractivity contribution in [1.29, 1.82) is 0 Å². The van der Waals surface area contributed by atoms with E-state index in [1.54, 1.807) is 24.3 Å². The van der Waals surface area contributed by atoms with Crippen LogP contribution in [0.3, 0.4) is 0 Å². The summed E-state index contributed by atoms with van der Waals surface area (Å²) in [7, 11) is -15.4. The van der Waals surface area contributed by atoms with E-state index in [1.807, 2.05) is 43.2 Å². The minimum absolute atomic E-state index is 0.164. The molecule has 9 fully saturated rings. The molecule has 5 heterocycles. The van der Waals surface area contributed by atoms with Gasteiger partial charge in [-0.15, -0.1) is 0 Å². The third kappa shape index (κ3) is 31.9. The van der Waals surface area contributed by atoms with Gasteiger partial charge in [-0.25, -0.2) is 70.5 Å². The lowest BCUT2D eigenvalue weighted by molar-refractivity contribution is 0.0964. The number of hydrogen-bond acceptors (Lipinski definition) is 20. The quantitative estimate of drug-likeness (QED) is 0.0278. The van der Waals surface area contributed by atoms with Crippen molar-refractivity contribution < 1.29 is 98.1 Å². The first-order valence-corrected chi connectivity index (χ1v) is 55.7. The summed E-state index contributed by atoms with van der Waals surface area (Å²) >= 11 is 36.9. The predicted octanol–water partition coefficient (Wildman–Crippen LogP) is 18.9. The Balaban J connectivity index is 0.000000148. The van der Waals surface area contributed by atoms with Crippen molar-refractivity contribution in [3.8, 4) is 23.0 Å². The van der Waals surface area contributed by atoms with Crippen LogP contribution in [0.5, 0.6) is 23.0 Å². The number of hydrogen-bond donors (Lipinski definition) is 4. The first-order chi connectivity index (χ1) is 65.9. The fourth-order valence-electron chi connectivity index (χ4n) is 18.0. The van der Waals surface area contributed by atoms with E-state index in [9.17, 15) is 79.2 Å². The van der Waals surface area contributed by atoms with Gasteiger partial charge in [0.1, 0.15) is 57.9 Å². The van der Waals surface area contributed by atoms with Gasteiger partial charge in [0.25, 0.3) is 23.6 Å². The second-order valence-corrected chi connectivity index (χ2v) is 47.1. The molecular weight excluding hydrogens is 2010 g/mol. The molecule has 9 aliphatic rings. The SMILES string of the molecule is CS(=O)(=O)NC(=O)c1cc(C2CC2)c(OC[C@@H]2CCCN(Cc3cc(Cl)cc(Cl)c3)C2)cc1F.CS(=O)(=O)NC(=O)c1cc(C2CC2)c(OC[C@H]2CCCN(Cc3cc(Cl)cc(Cl)c3)C2)cc1F.CS(=O)(=O)NC(=O)c1cc(C2CC2)c(OC[C@H]2CCCN(Cc3ccc(F)cc3Cl)C2)cc1F.O=C(NS(=O)(=O)N1CCC1)c1cc(C2CC2)c(OC[C@@H]2CCCN(Cc3ccc(F)cc3Cl)C2)cc1F. The van der Waals surface area contributed by atoms with Crippen LogP contribution in [0, 0.1) is 58.6 Å². The zero-order chi connectivity index (χ0) is 99.5. The number of benzene rings is 8. The van der Waals surface area contributed by atoms with E-state index in [4.69, 9.17) is 88.6 Å². The number of likely N-dealkylation sites (tertiary alicyclic amines) is 4. The Morgan fingerprint density at radius 3 is 0.820 bits per heavy atom. The molecule has 8 aromatic carbocycles. The topological polar surface area (TPSA) is 306 Å². The summed E-state index contributed by atoms with van der Waals surface area (Å²) in [6.45, 7) is 12.0. The highest BCUT2D eigenvalue weighted by Crippen LogP contribution is 2.50. The maximum Gasteiger partial charge on any atom is 0.304 e. The lowest BCUT2D eigenvalue weighted by atomic mass is 9.98. The highest BCUT2D eigenvalue weighted by Gasteiger charge is 2.38. The van der Waals surface area contributed by atoms with Crippen molar-refractivity contribution in [3.63, 3.8) is 0 Å². The number of amides is 4. The second-order valence-electron chi connectivity index (χ2n) is 37.6. The number of rotatable bonds is 33. The molecule has 5 saturated heterocycles. The van der Waals surface area contributed by atoms with E-state index in [2.05, 4.69) is 19.6 Å². The Labute approximate surface area is 837 Å². The number of ether oxygens (including phenoxy) is 4.